The zero-order chi connectivity index (χ0) is 9.90. The number of aryl methyl sites for hydroxylation is 1. The monoisotopic (exact) mass is 200 g/mol. The van der Waals surface area contributed by atoms with E-state index >= 15 is 0 Å². The maximum Gasteiger partial charge on any atom is 0.376 e. The summed E-state index contributed by atoms with van der Waals surface area (Å²) in [6, 6.07) is 7.16. The van der Waals surface area contributed by atoms with Crippen molar-refractivity contribution in [3.63, 3.8) is 0 Å². The van der Waals surface area contributed by atoms with Crippen LogP contribution in [0.4, 0.5) is 0 Å². The van der Waals surface area contributed by atoms with Crippen LogP contribution in [0.5, 0.6) is 5.75 Å². The van der Waals surface area contributed by atoms with Gasteiger partial charge in [0.15, 0.2) is 0 Å². The Bertz CT molecular complexity index is 335. The van der Waals surface area contributed by atoms with Gasteiger partial charge in [-0.2, -0.15) is 0 Å². The molecule has 0 aliphatic carbocycles. The molecule has 0 fully saturated rings. The van der Waals surface area contributed by atoms with Crippen LogP contribution < -0.4 is 4.52 Å². The smallest absolute Gasteiger partial charge is 0.376 e. The molecule has 0 spiro atoms. The molecule has 0 heterocycles. The molecule has 0 radical (unpaired) electrons. The van der Waals surface area contributed by atoms with Crippen LogP contribution in [-0.4, -0.2) is 11.1 Å². The lowest BCUT2D eigenvalue weighted by Gasteiger charge is -2.12. The number of hydrogen-bond donors (Lipinski definition) is 1. The van der Waals surface area contributed by atoms with E-state index in [-0.39, 0.29) is 6.16 Å². The van der Waals surface area contributed by atoms with Crippen LogP contribution in [0.25, 0.3) is 0 Å². The van der Waals surface area contributed by atoms with E-state index in [4.69, 9.17) is 4.52 Å². The predicted molar refractivity (Wildman–Crippen MR) is 52.2 cm³/mol. The highest BCUT2D eigenvalue weighted by Gasteiger charge is 2.17. The summed E-state index contributed by atoms with van der Waals surface area (Å²) in [6.45, 7) is 3.46. The predicted octanol–water partition coefficient (Wildman–Crippen LogP) is 2.58. The lowest BCUT2D eigenvalue weighted by atomic mass is 10.2. The highest BCUT2D eigenvalue weighted by atomic mass is 31.2. The summed E-state index contributed by atoms with van der Waals surface area (Å²) in [4.78, 5) is 9.23. The van der Waals surface area contributed by atoms with Crippen molar-refractivity contribution in [3.8, 4) is 5.75 Å². The Morgan fingerprint density at radius 2 is 2.08 bits per heavy atom. The average Bonchev–Trinajstić information content (AvgIpc) is 2.09. The van der Waals surface area contributed by atoms with Gasteiger partial charge in [0.05, 0.1) is 6.16 Å². The third kappa shape index (κ3) is 2.87. The van der Waals surface area contributed by atoms with Crippen LogP contribution in [0, 0.1) is 6.92 Å². The van der Waals surface area contributed by atoms with Gasteiger partial charge >= 0.3 is 7.60 Å². The molecular formula is C9H13O3P. The van der Waals surface area contributed by atoms with Crippen molar-refractivity contribution >= 4 is 7.60 Å². The number of rotatable bonds is 3. The van der Waals surface area contributed by atoms with Gasteiger partial charge in [-0.1, -0.05) is 25.1 Å². The summed E-state index contributed by atoms with van der Waals surface area (Å²) < 4.78 is 16.2. The summed E-state index contributed by atoms with van der Waals surface area (Å²) in [7, 11) is -3.42. The lowest BCUT2D eigenvalue weighted by Crippen LogP contribution is -1.95. The summed E-state index contributed by atoms with van der Waals surface area (Å²) in [5.41, 5.74) is 0.866. The minimum Gasteiger partial charge on any atom is -0.424 e. The SMILES string of the molecule is CCP(=O)(O)Oc1ccccc1C. The first-order valence-electron chi connectivity index (χ1n) is 4.12. The van der Waals surface area contributed by atoms with Crippen molar-refractivity contribution < 1.29 is 14.0 Å². The second-order valence-electron chi connectivity index (χ2n) is 2.81. The molecule has 3 nitrogen and oxygen atoms in total. The van der Waals surface area contributed by atoms with Crippen LogP contribution in [0.1, 0.15) is 12.5 Å². The summed E-state index contributed by atoms with van der Waals surface area (Å²) in [5.74, 6) is 0.482. The first kappa shape index (κ1) is 10.3. The first-order chi connectivity index (χ1) is 6.05. The molecule has 1 N–H and O–H groups in total. The van der Waals surface area contributed by atoms with Crippen molar-refractivity contribution in [1.82, 2.24) is 0 Å². The van der Waals surface area contributed by atoms with E-state index in [1.807, 2.05) is 19.1 Å². The average molecular weight is 200 g/mol. The molecule has 0 aliphatic rings. The molecule has 72 valence electrons. The molecule has 0 saturated heterocycles. The highest BCUT2D eigenvalue weighted by molar-refractivity contribution is 7.53. The topological polar surface area (TPSA) is 46.5 Å². The molecule has 1 rings (SSSR count). The molecule has 0 saturated carbocycles. The van der Waals surface area contributed by atoms with Crippen LogP contribution in [-0.2, 0) is 4.57 Å². The standard InChI is InChI=1S/C9H13O3P/c1-3-13(10,11)12-9-7-5-4-6-8(9)2/h4-7H,3H2,1-2H3,(H,10,11). The highest BCUT2D eigenvalue weighted by Crippen LogP contribution is 2.42. The third-order valence-electron chi connectivity index (χ3n) is 1.73. The van der Waals surface area contributed by atoms with Gasteiger partial charge in [0, 0.05) is 0 Å². The normalized spacial score (nSPS) is 15.0. The third-order valence-corrected chi connectivity index (χ3v) is 3.02. The summed E-state index contributed by atoms with van der Waals surface area (Å²) >= 11 is 0. The summed E-state index contributed by atoms with van der Waals surface area (Å²) in [6.07, 6.45) is 0.126. The lowest BCUT2D eigenvalue weighted by molar-refractivity contribution is 0.380. The second kappa shape index (κ2) is 3.95. The van der Waals surface area contributed by atoms with Crippen LogP contribution in [0.2, 0.25) is 0 Å². The molecule has 1 aromatic rings. The zero-order valence-electron chi connectivity index (χ0n) is 7.73. The van der Waals surface area contributed by atoms with E-state index in [1.165, 1.54) is 0 Å². The van der Waals surface area contributed by atoms with Crippen LogP contribution in [0.3, 0.4) is 0 Å². The minimum atomic E-state index is -3.42. The number of para-hydroxylation sites is 1. The van der Waals surface area contributed by atoms with E-state index < -0.39 is 7.60 Å². The minimum absolute atomic E-state index is 0.126. The van der Waals surface area contributed by atoms with E-state index in [2.05, 4.69) is 0 Å². The number of benzene rings is 1. The van der Waals surface area contributed by atoms with Crippen molar-refractivity contribution in [2.45, 2.75) is 13.8 Å². The second-order valence-corrected chi connectivity index (χ2v) is 4.90. The quantitative estimate of drug-likeness (QED) is 0.763. The Morgan fingerprint density at radius 1 is 1.46 bits per heavy atom. The zero-order valence-corrected chi connectivity index (χ0v) is 8.62. The molecule has 13 heavy (non-hydrogen) atoms. The molecule has 0 amide bonds. The molecule has 0 aliphatic heterocycles. The molecular weight excluding hydrogens is 187 g/mol. The van der Waals surface area contributed by atoms with Gasteiger partial charge in [0.1, 0.15) is 5.75 Å². The summed E-state index contributed by atoms with van der Waals surface area (Å²) in [5, 5.41) is 0. The Morgan fingerprint density at radius 3 is 2.62 bits per heavy atom. The largest absolute Gasteiger partial charge is 0.424 e. The van der Waals surface area contributed by atoms with E-state index in [1.54, 1.807) is 19.1 Å². The van der Waals surface area contributed by atoms with E-state index in [9.17, 15) is 9.46 Å². The van der Waals surface area contributed by atoms with Crippen molar-refractivity contribution in [3.05, 3.63) is 29.8 Å². The maximum absolute atomic E-state index is 11.2. The van der Waals surface area contributed by atoms with Crippen LogP contribution >= 0.6 is 7.60 Å². The Kier molecular flexibility index (Phi) is 3.12. The Hall–Kier alpha value is -0.790. The van der Waals surface area contributed by atoms with Crippen molar-refractivity contribution in [2.24, 2.45) is 0 Å². The molecule has 1 aromatic carbocycles. The van der Waals surface area contributed by atoms with Gasteiger partial charge in [0.2, 0.25) is 0 Å². The Labute approximate surface area is 77.9 Å². The molecule has 0 aromatic heterocycles. The molecule has 0 bridgehead atoms. The van der Waals surface area contributed by atoms with Gasteiger partial charge in [-0.25, -0.2) is 4.57 Å². The Balaban J connectivity index is 2.86. The van der Waals surface area contributed by atoms with Crippen molar-refractivity contribution in [1.29, 1.82) is 0 Å². The maximum atomic E-state index is 11.2. The fourth-order valence-electron chi connectivity index (χ4n) is 0.877. The van der Waals surface area contributed by atoms with Crippen LogP contribution in [0.15, 0.2) is 24.3 Å². The van der Waals surface area contributed by atoms with Gasteiger partial charge in [-0.15, -0.1) is 0 Å². The van der Waals surface area contributed by atoms with Gasteiger partial charge in [0.25, 0.3) is 0 Å². The van der Waals surface area contributed by atoms with Gasteiger partial charge < -0.3 is 9.42 Å². The van der Waals surface area contributed by atoms with Gasteiger partial charge in [-0.3, -0.25) is 0 Å². The van der Waals surface area contributed by atoms with E-state index in [0.717, 1.165) is 5.56 Å². The van der Waals surface area contributed by atoms with E-state index in [0.29, 0.717) is 5.75 Å². The molecule has 1 unspecified atom stereocenters. The fraction of sp³-hybridized carbons (Fsp3) is 0.333. The molecule has 4 heteroatoms. The first-order valence-corrected chi connectivity index (χ1v) is 5.88. The fourth-order valence-corrected chi connectivity index (χ4v) is 1.52. The molecule has 1 atom stereocenters. The van der Waals surface area contributed by atoms with Gasteiger partial charge in [-0.05, 0) is 18.6 Å². The van der Waals surface area contributed by atoms with Crippen molar-refractivity contribution in [2.75, 3.05) is 6.16 Å². The number of hydrogen-bond acceptors (Lipinski definition) is 2.